The molecule has 2 aliphatic rings. The standard InChI is InChI=1S/C17H30N6O/c1-3-18-16(19-13-17(24)7-5-8-17)21-14-6-4-9-23(11-14)15-10-20-22(2)12-15/h10,12,14,24H,3-9,11,13H2,1-2H3,(H2,18,19,21). The molecule has 1 saturated carbocycles. The number of rotatable bonds is 5. The molecule has 3 N–H and O–H groups in total. The van der Waals surface area contributed by atoms with Gasteiger partial charge in [-0.05, 0) is 39.0 Å². The fourth-order valence-corrected chi connectivity index (χ4v) is 3.38. The highest BCUT2D eigenvalue weighted by molar-refractivity contribution is 5.80. The third-order valence-electron chi connectivity index (χ3n) is 4.98. The maximum atomic E-state index is 10.2. The molecule has 0 spiro atoms. The lowest BCUT2D eigenvalue weighted by Crippen LogP contribution is -2.52. The first kappa shape index (κ1) is 17.1. The third kappa shape index (κ3) is 4.20. The molecule has 0 bridgehead atoms. The first-order valence-electron chi connectivity index (χ1n) is 9.09. The second-order valence-corrected chi connectivity index (χ2v) is 7.07. The van der Waals surface area contributed by atoms with E-state index in [0.717, 1.165) is 57.7 Å². The molecule has 0 radical (unpaired) electrons. The van der Waals surface area contributed by atoms with Gasteiger partial charge in [0.05, 0.1) is 24.0 Å². The number of aliphatic hydroxyl groups is 1. The molecular weight excluding hydrogens is 304 g/mol. The first-order valence-corrected chi connectivity index (χ1v) is 9.09. The Balaban J connectivity index is 1.58. The number of piperidine rings is 1. The third-order valence-corrected chi connectivity index (χ3v) is 4.98. The Morgan fingerprint density at radius 1 is 1.46 bits per heavy atom. The van der Waals surface area contributed by atoms with Gasteiger partial charge in [0, 0.05) is 38.9 Å². The van der Waals surface area contributed by atoms with Gasteiger partial charge in [-0.3, -0.25) is 9.67 Å². The number of aromatic nitrogens is 2. The van der Waals surface area contributed by atoms with Crippen LogP contribution in [0.3, 0.4) is 0 Å². The summed E-state index contributed by atoms with van der Waals surface area (Å²) in [5.41, 5.74) is 0.603. The molecule has 3 rings (SSSR count). The molecule has 7 heteroatoms. The number of hydrogen-bond acceptors (Lipinski definition) is 4. The van der Waals surface area contributed by atoms with Crippen molar-refractivity contribution in [2.24, 2.45) is 12.0 Å². The van der Waals surface area contributed by atoms with E-state index < -0.39 is 5.60 Å². The van der Waals surface area contributed by atoms with Crippen LogP contribution in [-0.2, 0) is 7.05 Å². The predicted molar refractivity (Wildman–Crippen MR) is 96.4 cm³/mol. The number of anilines is 1. The lowest BCUT2D eigenvalue weighted by Gasteiger charge is -2.36. The minimum absolute atomic E-state index is 0.354. The van der Waals surface area contributed by atoms with E-state index in [2.05, 4.69) is 38.7 Å². The second kappa shape index (κ2) is 7.42. The van der Waals surface area contributed by atoms with Crippen LogP contribution in [0.25, 0.3) is 0 Å². The Morgan fingerprint density at radius 3 is 2.92 bits per heavy atom. The molecular formula is C17H30N6O. The Morgan fingerprint density at radius 2 is 2.29 bits per heavy atom. The van der Waals surface area contributed by atoms with Crippen molar-refractivity contribution in [2.75, 3.05) is 31.1 Å². The van der Waals surface area contributed by atoms with Crippen molar-refractivity contribution in [1.29, 1.82) is 0 Å². The average Bonchev–Trinajstić information content (AvgIpc) is 2.98. The van der Waals surface area contributed by atoms with Crippen LogP contribution in [-0.4, -0.2) is 58.7 Å². The maximum Gasteiger partial charge on any atom is 0.191 e. The van der Waals surface area contributed by atoms with Crippen LogP contribution >= 0.6 is 0 Å². The normalized spacial score (nSPS) is 23.7. The van der Waals surface area contributed by atoms with Gasteiger partial charge in [0.1, 0.15) is 0 Å². The SMILES string of the molecule is CCNC(=NCC1(O)CCC1)NC1CCCN(c2cnn(C)c2)C1. The number of nitrogens with one attached hydrogen (secondary N) is 2. The lowest BCUT2D eigenvalue weighted by molar-refractivity contribution is -0.0236. The molecule has 1 unspecified atom stereocenters. The zero-order valence-electron chi connectivity index (χ0n) is 14.8. The molecule has 7 nitrogen and oxygen atoms in total. The van der Waals surface area contributed by atoms with E-state index in [1.54, 1.807) is 0 Å². The van der Waals surface area contributed by atoms with Crippen LogP contribution in [0.2, 0.25) is 0 Å². The molecule has 1 aliphatic carbocycles. The summed E-state index contributed by atoms with van der Waals surface area (Å²) in [7, 11) is 1.95. The van der Waals surface area contributed by atoms with Gasteiger partial charge < -0.3 is 20.6 Å². The molecule has 2 heterocycles. The number of aliphatic imine (C=N–C) groups is 1. The number of nitrogens with zero attached hydrogens (tertiary/aromatic N) is 4. The molecule has 2 fully saturated rings. The van der Waals surface area contributed by atoms with Crippen molar-refractivity contribution in [2.45, 2.75) is 50.7 Å². The summed E-state index contributed by atoms with van der Waals surface area (Å²) in [6.07, 6.45) is 9.11. The van der Waals surface area contributed by atoms with Gasteiger partial charge in [0.25, 0.3) is 0 Å². The summed E-state index contributed by atoms with van der Waals surface area (Å²) in [4.78, 5) is 6.98. The van der Waals surface area contributed by atoms with Crippen molar-refractivity contribution in [3.05, 3.63) is 12.4 Å². The van der Waals surface area contributed by atoms with Gasteiger partial charge in [-0.1, -0.05) is 0 Å². The van der Waals surface area contributed by atoms with E-state index in [4.69, 9.17) is 0 Å². The van der Waals surface area contributed by atoms with Crippen LogP contribution < -0.4 is 15.5 Å². The lowest BCUT2D eigenvalue weighted by atomic mass is 9.80. The van der Waals surface area contributed by atoms with Gasteiger partial charge in [-0.2, -0.15) is 5.10 Å². The van der Waals surface area contributed by atoms with E-state index in [0.29, 0.717) is 12.6 Å². The van der Waals surface area contributed by atoms with Crippen molar-refractivity contribution < 1.29 is 5.11 Å². The van der Waals surface area contributed by atoms with Gasteiger partial charge in [-0.15, -0.1) is 0 Å². The van der Waals surface area contributed by atoms with Crippen molar-refractivity contribution in [3.63, 3.8) is 0 Å². The van der Waals surface area contributed by atoms with E-state index in [1.807, 2.05) is 17.9 Å². The number of aryl methyl sites for hydroxylation is 1. The highest BCUT2D eigenvalue weighted by Gasteiger charge is 2.34. The van der Waals surface area contributed by atoms with Gasteiger partial charge in [-0.25, -0.2) is 0 Å². The summed E-state index contributed by atoms with van der Waals surface area (Å²) in [6.45, 7) is 5.39. The molecule has 0 aromatic carbocycles. The largest absolute Gasteiger partial charge is 0.388 e. The quantitative estimate of drug-likeness (QED) is 0.550. The Bertz CT molecular complexity index is 565. The topological polar surface area (TPSA) is 77.7 Å². The summed E-state index contributed by atoms with van der Waals surface area (Å²) in [5.74, 6) is 0.816. The molecule has 1 saturated heterocycles. The Kier molecular flexibility index (Phi) is 5.28. The summed E-state index contributed by atoms with van der Waals surface area (Å²) >= 11 is 0. The minimum atomic E-state index is -0.573. The van der Waals surface area contributed by atoms with Crippen molar-refractivity contribution in [3.8, 4) is 0 Å². The van der Waals surface area contributed by atoms with Gasteiger partial charge in [0.15, 0.2) is 5.96 Å². The zero-order valence-corrected chi connectivity index (χ0v) is 14.8. The van der Waals surface area contributed by atoms with Crippen LogP contribution in [0.1, 0.15) is 39.0 Å². The fraction of sp³-hybridized carbons (Fsp3) is 0.765. The average molecular weight is 334 g/mol. The van der Waals surface area contributed by atoms with Crippen LogP contribution in [0.15, 0.2) is 17.4 Å². The Labute approximate surface area is 144 Å². The number of hydrogen-bond donors (Lipinski definition) is 3. The van der Waals surface area contributed by atoms with E-state index in [1.165, 1.54) is 5.69 Å². The summed E-state index contributed by atoms with van der Waals surface area (Å²) < 4.78 is 1.84. The first-order chi connectivity index (χ1) is 11.6. The van der Waals surface area contributed by atoms with Crippen molar-refractivity contribution in [1.82, 2.24) is 20.4 Å². The second-order valence-electron chi connectivity index (χ2n) is 7.07. The molecule has 1 atom stereocenters. The van der Waals surface area contributed by atoms with Crippen molar-refractivity contribution >= 4 is 11.6 Å². The predicted octanol–water partition coefficient (Wildman–Crippen LogP) is 0.859. The minimum Gasteiger partial charge on any atom is -0.388 e. The van der Waals surface area contributed by atoms with Crippen LogP contribution in [0.4, 0.5) is 5.69 Å². The monoisotopic (exact) mass is 334 g/mol. The van der Waals surface area contributed by atoms with Gasteiger partial charge >= 0.3 is 0 Å². The van der Waals surface area contributed by atoms with E-state index in [-0.39, 0.29) is 0 Å². The number of guanidine groups is 1. The van der Waals surface area contributed by atoms with E-state index in [9.17, 15) is 5.11 Å². The Hall–Kier alpha value is -1.76. The molecule has 1 aromatic rings. The highest BCUT2D eigenvalue weighted by Crippen LogP contribution is 2.31. The highest BCUT2D eigenvalue weighted by atomic mass is 16.3. The fourth-order valence-electron chi connectivity index (χ4n) is 3.38. The molecule has 1 aromatic heterocycles. The van der Waals surface area contributed by atoms with Crippen LogP contribution in [0, 0.1) is 0 Å². The maximum absolute atomic E-state index is 10.2. The summed E-state index contributed by atoms with van der Waals surface area (Å²) in [6, 6.07) is 0.354. The molecule has 0 amide bonds. The van der Waals surface area contributed by atoms with Crippen LogP contribution in [0.5, 0.6) is 0 Å². The molecule has 1 aliphatic heterocycles. The smallest absolute Gasteiger partial charge is 0.191 e. The molecule has 134 valence electrons. The van der Waals surface area contributed by atoms with E-state index >= 15 is 0 Å². The zero-order chi connectivity index (χ0) is 17.0. The van der Waals surface area contributed by atoms with Gasteiger partial charge in [0.2, 0.25) is 0 Å². The summed E-state index contributed by atoms with van der Waals surface area (Å²) in [5, 5.41) is 21.4. The molecule has 24 heavy (non-hydrogen) atoms.